The van der Waals surface area contributed by atoms with E-state index in [4.69, 9.17) is 4.74 Å². The number of rotatable bonds is 2. The maximum absolute atomic E-state index is 12.2. The van der Waals surface area contributed by atoms with E-state index in [0.29, 0.717) is 12.8 Å². The molecule has 2 bridgehead atoms. The van der Waals surface area contributed by atoms with Crippen LogP contribution in [0.1, 0.15) is 65.7 Å². The lowest BCUT2D eigenvalue weighted by Crippen LogP contribution is -2.63. The zero-order chi connectivity index (χ0) is 19.8. The molecule has 27 heavy (non-hydrogen) atoms. The average molecular weight is 376 g/mol. The molecular formula is C22H32O5. The van der Waals surface area contributed by atoms with E-state index in [2.05, 4.69) is 13.5 Å². The van der Waals surface area contributed by atoms with Gasteiger partial charge in [-0.2, -0.15) is 0 Å². The van der Waals surface area contributed by atoms with Gasteiger partial charge >= 0.3 is 11.9 Å². The number of aliphatic carboxylic acids is 1. The van der Waals surface area contributed by atoms with Gasteiger partial charge in [0.15, 0.2) is 0 Å². The van der Waals surface area contributed by atoms with Crippen LogP contribution < -0.4 is 0 Å². The molecule has 0 aliphatic heterocycles. The Balaban J connectivity index is 1.83. The van der Waals surface area contributed by atoms with Crippen LogP contribution in [0.5, 0.6) is 0 Å². The topological polar surface area (TPSA) is 83.8 Å². The van der Waals surface area contributed by atoms with E-state index in [9.17, 15) is 19.8 Å². The Morgan fingerprint density at radius 1 is 1.22 bits per heavy atom. The van der Waals surface area contributed by atoms with Gasteiger partial charge in [-0.15, -0.1) is 0 Å². The molecule has 8 atom stereocenters. The van der Waals surface area contributed by atoms with Crippen molar-refractivity contribution in [3.63, 3.8) is 0 Å². The van der Waals surface area contributed by atoms with Crippen molar-refractivity contribution in [1.82, 2.24) is 0 Å². The van der Waals surface area contributed by atoms with Crippen LogP contribution in [-0.4, -0.2) is 34.4 Å². The van der Waals surface area contributed by atoms with E-state index in [1.165, 1.54) is 6.92 Å². The van der Waals surface area contributed by atoms with Gasteiger partial charge in [-0.25, -0.2) is 0 Å². The third-order valence-corrected chi connectivity index (χ3v) is 8.95. The first-order valence-corrected chi connectivity index (χ1v) is 10.3. The highest BCUT2D eigenvalue weighted by Gasteiger charge is 2.70. The molecule has 5 heteroatoms. The van der Waals surface area contributed by atoms with Gasteiger partial charge < -0.3 is 14.9 Å². The molecule has 4 fully saturated rings. The summed E-state index contributed by atoms with van der Waals surface area (Å²) in [6.45, 7) is 9.72. The highest BCUT2D eigenvalue weighted by molar-refractivity contribution is 5.75. The second kappa shape index (κ2) is 5.82. The number of carbonyl (C=O) groups is 2. The molecule has 4 aliphatic carbocycles. The van der Waals surface area contributed by atoms with Crippen molar-refractivity contribution >= 4 is 11.9 Å². The smallest absolute Gasteiger partial charge is 0.309 e. The Kier molecular flexibility index (Phi) is 4.09. The van der Waals surface area contributed by atoms with E-state index in [0.717, 1.165) is 37.7 Å². The number of esters is 1. The zero-order valence-electron chi connectivity index (χ0n) is 16.7. The molecule has 0 saturated heterocycles. The van der Waals surface area contributed by atoms with Crippen LogP contribution in [0.4, 0.5) is 0 Å². The van der Waals surface area contributed by atoms with Crippen molar-refractivity contribution in [2.45, 2.75) is 77.9 Å². The minimum Gasteiger partial charge on any atom is -0.481 e. The highest BCUT2D eigenvalue weighted by atomic mass is 16.5. The van der Waals surface area contributed by atoms with Crippen LogP contribution in [0.25, 0.3) is 0 Å². The summed E-state index contributed by atoms with van der Waals surface area (Å²) in [6.07, 6.45) is 4.82. The van der Waals surface area contributed by atoms with Gasteiger partial charge in [-0.3, -0.25) is 9.59 Å². The molecule has 0 unspecified atom stereocenters. The summed E-state index contributed by atoms with van der Waals surface area (Å²) >= 11 is 0. The minimum atomic E-state index is -0.757. The first kappa shape index (κ1) is 19.0. The van der Waals surface area contributed by atoms with E-state index >= 15 is 0 Å². The predicted molar refractivity (Wildman–Crippen MR) is 99.8 cm³/mol. The molecule has 5 nitrogen and oxygen atoms in total. The number of hydrogen-bond acceptors (Lipinski definition) is 4. The molecule has 0 heterocycles. The van der Waals surface area contributed by atoms with Gasteiger partial charge in [0.05, 0.1) is 11.5 Å². The molecule has 0 aromatic rings. The first-order valence-electron chi connectivity index (χ1n) is 10.3. The number of aliphatic hydroxyl groups excluding tert-OH is 1. The number of fused-ring (bicyclic) bond motifs is 3. The lowest BCUT2D eigenvalue weighted by Gasteiger charge is -2.64. The molecule has 1 spiro atoms. The van der Waals surface area contributed by atoms with Crippen LogP contribution >= 0.6 is 0 Å². The standard InChI is InChI=1S/C22H32O5/c1-12-14-10-15(27-13(2)23)17-20(3)7-5-8-21(4,19(25)26)16(20)6-9-22(17,11-14)18(12)24/h14-18,24H,1,5-11H2,2-4H3,(H,25,26)/t14-,15+,16+,17+,18-,20-,21-,22-/m1/s1. The summed E-state index contributed by atoms with van der Waals surface area (Å²) < 4.78 is 5.84. The van der Waals surface area contributed by atoms with Crippen molar-refractivity contribution in [2.24, 2.45) is 34.0 Å². The van der Waals surface area contributed by atoms with Gasteiger partial charge in [0, 0.05) is 18.3 Å². The maximum atomic E-state index is 12.2. The van der Waals surface area contributed by atoms with Gasteiger partial charge in [0.25, 0.3) is 0 Å². The quantitative estimate of drug-likeness (QED) is 0.569. The number of carboxylic acids is 1. The normalized spacial score (nSPS) is 51.3. The molecule has 0 aromatic carbocycles. The summed E-state index contributed by atoms with van der Waals surface area (Å²) in [5, 5.41) is 21.2. The number of carbonyl (C=O) groups excluding carboxylic acids is 1. The fourth-order valence-electron chi connectivity index (χ4n) is 8.02. The Hall–Kier alpha value is -1.36. The molecule has 0 aromatic heterocycles. The molecule has 4 aliphatic rings. The van der Waals surface area contributed by atoms with Gasteiger partial charge in [-0.1, -0.05) is 19.9 Å². The van der Waals surface area contributed by atoms with Crippen LogP contribution in [0.3, 0.4) is 0 Å². The second-order valence-electron chi connectivity index (χ2n) is 10.1. The third-order valence-electron chi connectivity index (χ3n) is 8.95. The molecule has 0 amide bonds. The zero-order valence-corrected chi connectivity index (χ0v) is 16.7. The van der Waals surface area contributed by atoms with Crippen molar-refractivity contribution in [3.05, 3.63) is 12.2 Å². The molecule has 4 rings (SSSR count). The van der Waals surface area contributed by atoms with Crippen LogP contribution in [-0.2, 0) is 14.3 Å². The van der Waals surface area contributed by atoms with Crippen molar-refractivity contribution in [2.75, 3.05) is 0 Å². The van der Waals surface area contributed by atoms with Crippen molar-refractivity contribution in [1.29, 1.82) is 0 Å². The van der Waals surface area contributed by atoms with Crippen molar-refractivity contribution in [3.8, 4) is 0 Å². The number of aliphatic hydroxyl groups is 1. The van der Waals surface area contributed by atoms with Crippen LogP contribution in [0.2, 0.25) is 0 Å². The van der Waals surface area contributed by atoms with Gasteiger partial charge in [-0.05, 0) is 68.3 Å². The monoisotopic (exact) mass is 376 g/mol. The highest BCUT2D eigenvalue weighted by Crippen LogP contribution is 2.72. The molecule has 4 saturated carbocycles. The number of hydrogen-bond donors (Lipinski definition) is 2. The summed E-state index contributed by atoms with van der Waals surface area (Å²) in [7, 11) is 0. The van der Waals surface area contributed by atoms with Gasteiger partial charge in [0.1, 0.15) is 6.10 Å². The fraction of sp³-hybridized carbons (Fsp3) is 0.818. The largest absolute Gasteiger partial charge is 0.481 e. The maximum Gasteiger partial charge on any atom is 0.309 e. The summed E-state index contributed by atoms with van der Waals surface area (Å²) in [6, 6.07) is 0. The summed E-state index contributed by atoms with van der Waals surface area (Å²) in [5.41, 5.74) is -0.469. The lowest BCUT2D eigenvalue weighted by atomic mass is 9.40. The molecule has 0 radical (unpaired) electrons. The SMILES string of the molecule is C=C1[C@@H]2C[C@H](OC(C)=O)[C@H]3[C@]4(C)CCC[C@@](C)(C(=O)O)[C@H]4CC[C@]3(C2)[C@@H]1O. The fourth-order valence-corrected chi connectivity index (χ4v) is 8.02. The van der Waals surface area contributed by atoms with E-state index < -0.39 is 17.5 Å². The Labute approximate surface area is 161 Å². The minimum absolute atomic E-state index is 0.0166. The summed E-state index contributed by atoms with van der Waals surface area (Å²) in [4.78, 5) is 24.1. The lowest BCUT2D eigenvalue weighted by molar-refractivity contribution is -0.220. The number of carboxylic acid groups (broad SMARTS) is 1. The predicted octanol–water partition coefficient (Wildman–Crippen LogP) is 3.55. The van der Waals surface area contributed by atoms with Crippen molar-refractivity contribution < 1.29 is 24.5 Å². The second-order valence-corrected chi connectivity index (χ2v) is 10.1. The van der Waals surface area contributed by atoms with Gasteiger partial charge in [0.2, 0.25) is 0 Å². The van der Waals surface area contributed by atoms with E-state index in [1.54, 1.807) is 0 Å². The first-order chi connectivity index (χ1) is 12.6. The van der Waals surface area contributed by atoms with Crippen LogP contribution in [0, 0.1) is 34.0 Å². The summed E-state index contributed by atoms with van der Waals surface area (Å²) in [5.74, 6) is -0.808. The molecular weight excluding hydrogens is 344 g/mol. The third kappa shape index (κ3) is 2.33. The average Bonchev–Trinajstić information content (AvgIpc) is 2.75. The molecule has 2 N–H and O–H groups in total. The molecule has 150 valence electrons. The Morgan fingerprint density at radius 3 is 2.56 bits per heavy atom. The van der Waals surface area contributed by atoms with E-state index in [1.807, 2.05) is 6.92 Å². The Bertz CT molecular complexity index is 701. The van der Waals surface area contributed by atoms with Crippen LogP contribution in [0.15, 0.2) is 12.2 Å². The van der Waals surface area contributed by atoms with E-state index in [-0.39, 0.29) is 40.7 Å². The number of ether oxygens (including phenoxy) is 1. The Morgan fingerprint density at radius 2 is 1.93 bits per heavy atom.